The predicted octanol–water partition coefficient (Wildman–Crippen LogP) is 4.82. The molecular weight excluding hydrogens is 295 g/mol. The lowest BCUT2D eigenvalue weighted by Crippen LogP contribution is -2.40. The van der Waals surface area contributed by atoms with Crippen molar-refractivity contribution in [3.63, 3.8) is 0 Å². The molecule has 1 unspecified atom stereocenters. The third kappa shape index (κ3) is 4.02. The second kappa shape index (κ2) is 6.54. The van der Waals surface area contributed by atoms with E-state index in [0.717, 1.165) is 23.1 Å². The van der Waals surface area contributed by atoms with E-state index in [1.807, 2.05) is 31.2 Å². The molecule has 21 heavy (non-hydrogen) atoms. The first-order valence-electron chi connectivity index (χ1n) is 6.66. The van der Waals surface area contributed by atoms with Crippen molar-refractivity contribution in [1.82, 2.24) is 0 Å². The molecule has 0 amide bonds. The van der Waals surface area contributed by atoms with Crippen LogP contribution in [0, 0.1) is 0 Å². The molecule has 0 saturated carbocycles. The number of alkyl halides is 3. The van der Waals surface area contributed by atoms with E-state index in [1.165, 1.54) is 12.1 Å². The minimum Gasteiger partial charge on any atom is -0.324 e. The van der Waals surface area contributed by atoms with Gasteiger partial charge in [-0.2, -0.15) is 13.2 Å². The minimum absolute atomic E-state index is 0.0183. The highest BCUT2D eigenvalue weighted by molar-refractivity contribution is 7.99. The third-order valence-electron chi connectivity index (χ3n) is 3.20. The van der Waals surface area contributed by atoms with Gasteiger partial charge in [0.15, 0.2) is 0 Å². The van der Waals surface area contributed by atoms with Gasteiger partial charge in [0.25, 0.3) is 0 Å². The fourth-order valence-electron chi connectivity index (χ4n) is 2.07. The number of rotatable bonds is 4. The largest absolute Gasteiger partial charge is 0.416 e. The van der Waals surface area contributed by atoms with Crippen molar-refractivity contribution in [3.8, 4) is 0 Å². The van der Waals surface area contributed by atoms with Gasteiger partial charge in [-0.15, -0.1) is 11.8 Å². The summed E-state index contributed by atoms with van der Waals surface area (Å²) in [5, 5.41) is -0.0183. The average Bonchev–Trinajstić information content (AvgIpc) is 2.46. The van der Waals surface area contributed by atoms with E-state index in [1.54, 1.807) is 17.8 Å². The summed E-state index contributed by atoms with van der Waals surface area (Å²) in [6, 6.07) is 13.2. The normalized spacial score (nSPS) is 13.2. The quantitative estimate of drug-likeness (QED) is 0.805. The Hall–Kier alpha value is -1.46. The molecular formula is C16H17F3NS+. The summed E-state index contributed by atoms with van der Waals surface area (Å²) in [7, 11) is 0. The summed E-state index contributed by atoms with van der Waals surface area (Å²) in [4.78, 5) is 1.00. The number of halogens is 3. The lowest BCUT2D eigenvalue weighted by Gasteiger charge is -2.17. The van der Waals surface area contributed by atoms with Gasteiger partial charge in [-0.25, -0.2) is 0 Å². The highest BCUT2D eigenvalue weighted by Gasteiger charge is 2.31. The Balaban J connectivity index is 2.28. The maximum absolute atomic E-state index is 12.8. The molecule has 0 aromatic heterocycles. The van der Waals surface area contributed by atoms with Crippen LogP contribution in [0.2, 0.25) is 0 Å². The number of quaternary nitrogens is 1. The molecule has 2 rings (SSSR count). The minimum atomic E-state index is -4.30. The second-order valence-corrected chi connectivity index (χ2v) is 5.99. The molecule has 3 N–H and O–H groups in total. The van der Waals surface area contributed by atoms with Crippen LogP contribution in [0.3, 0.4) is 0 Å². The van der Waals surface area contributed by atoms with Crippen LogP contribution in [-0.4, -0.2) is 0 Å². The summed E-state index contributed by atoms with van der Waals surface area (Å²) in [6.45, 7) is 1.98. The monoisotopic (exact) mass is 312 g/mol. The molecule has 0 bridgehead atoms. The van der Waals surface area contributed by atoms with E-state index >= 15 is 0 Å². The SMILES string of the molecule is CCC(Sc1ccccc1[NH3+])c1cccc(C(F)(F)F)c1. The van der Waals surface area contributed by atoms with Crippen molar-refractivity contribution in [2.24, 2.45) is 0 Å². The van der Waals surface area contributed by atoms with Crippen LogP contribution < -0.4 is 5.73 Å². The van der Waals surface area contributed by atoms with E-state index in [0.29, 0.717) is 5.56 Å². The molecule has 2 aromatic rings. The van der Waals surface area contributed by atoms with Crippen LogP contribution in [0.4, 0.5) is 18.9 Å². The van der Waals surface area contributed by atoms with Gasteiger partial charge in [0.2, 0.25) is 0 Å². The first kappa shape index (κ1) is 15.9. The Bertz CT molecular complexity index is 610. The summed E-state index contributed by atoms with van der Waals surface area (Å²) < 4.78 is 38.4. The van der Waals surface area contributed by atoms with Gasteiger partial charge in [-0.05, 0) is 24.1 Å². The molecule has 0 aliphatic carbocycles. The fourth-order valence-corrected chi connectivity index (χ4v) is 3.21. The summed E-state index contributed by atoms with van der Waals surface area (Å²) in [5.74, 6) is 0. The van der Waals surface area contributed by atoms with Gasteiger partial charge in [-0.3, -0.25) is 0 Å². The molecule has 0 heterocycles. The van der Waals surface area contributed by atoms with Crippen molar-refractivity contribution in [2.75, 3.05) is 0 Å². The first-order chi connectivity index (χ1) is 9.91. The number of thioether (sulfide) groups is 1. The maximum atomic E-state index is 12.8. The molecule has 0 aliphatic heterocycles. The van der Waals surface area contributed by atoms with Gasteiger partial charge < -0.3 is 5.73 Å². The zero-order valence-electron chi connectivity index (χ0n) is 11.7. The van der Waals surface area contributed by atoms with Crippen LogP contribution in [0.5, 0.6) is 0 Å². The molecule has 0 saturated heterocycles. The Labute approximate surface area is 126 Å². The number of hydrogen-bond acceptors (Lipinski definition) is 1. The lowest BCUT2D eigenvalue weighted by atomic mass is 10.1. The molecule has 5 heteroatoms. The van der Waals surface area contributed by atoms with Crippen LogP contribution >= 0.6 is 11.8 Å². The molecule has 0 fully saturated rings. The zero-order chi connectivity index (χ0) is 15.5. The van der Waals surface area contributed by atoms with E-state index < -0.39 is 11.7 Å². The third-order valence-corrected chi connectivity index (χ3v) is 4.74. The van der Waals surface area contributed by atoms with E-state index in [4.69, 9.17) is 0 Å². The van der Waals surface area contributed by atoms with Gasteiger partial charge in [0.1, 0.15) is 5.69 Å². The Morgan fingerprint density at radius 3 is 2.43 bits per heavy atom. The van der Waals surface area contributed by atoms with Crippen molar-refractivity contribution < 1.29 is 18.9 Å². The van der Waals surface area contributed by atoms with Crippen molar-refractivity contribution in [3.05, 3.63) is 59.7 Å². The second-order valence-electron chi connectivity index (χ2n) is 4.75. The zero-order valence-corrected chi connectivity index (χ0v) is 12.5. The standard InChI is InChI=1S/C16H16F3NS/c1-2-14(21-15-9-4-3-8-13(15)20)11-6-5-7-12(10-11)16(17,18)19/h3-10,14H,2,20H2,1H3/p+1. The lowest BCUT2D eigenvalue weighted by molar-refractivity contribution is -0.258. The summed E-state index contributed by atoms with van der Waals surface area (Å²) >= 11 is 1.56. The van der Waals surface area contributed by atoms with E-state index in [-0.39, 0.29) is 5.25 Å². The summed E-state index contributed by atoms with van der Waals surface area (Å²) in [5.41, 5.74) is 4.95. The summed E-state index contributed by atoms with van der Waals surface area (Å²) in [6.07, 6.45) is -3.55. The van der Waals surface area contributed by atoms with Crippen LogP contribution in [-0.2, 0) is 6.18 Å². The Morgan fingerprint density at radius 2 is 1.81 bits per heavy atom. The molecule has 0 spiro atoms. The Morgan fingerprint density at radius 1 is 1.10 bits per heavy atom. The predicted molar refractivity (Wildman–Crippen MR) is 79.3 cm³/mol. The van der Waals surface area contributed by atoms with Gasteiger partial charge in [0, 0.05) is 11.3 Å². The Kier molecular flexibility index (Phi) is 4.96. The highest BCUT2D eigenvalue weighted by atomic mass is 32.2. The van der Waals surface area contributed by atoms with Crippen LogP contribution in [0.1, 0.15) is 29.7 Å². The van der Waals surface area contributed by atoms with Crippen molar-refractivity contribution in [1.29, 1.82) is 0 Å². The highest BCUT2D eigenvalue weighted by Crippen LogP contribution is 2.41. The van der Waals surface area contributed by atoms with E-state index in [2.05, 4.69) is 5.73 Å². The average molecular weight is 312 g/mol. The smallest absolute Gasteiger partial charge is 0.324 e. The molecule has 0 aliphatic rings. The number of benzene rings is 2. The molecule has 1 nitrogen and oxygen atoms in total. The van der Waals surface area contributed by atoms with Crippen LogP contribution in [0.15, 0.2) is 53.4 Å². The van der Waals surface area contributed by atoms with E-state index in [9.17, 15) is 13.2 Å². The molecule has 1 atom stereocenters. The maximum Gasteiger partial charge on any atom is 0.416 e. The molecule has 2 aromatic carbocycles. The van der Waals surface area contributed by atoms with Crippen molar-refractivity contribution >= 4 is 17.4 Å². The molecule has 112 valence electrons. The molecule has 0 radical (unpaired) electrons. The number of hydrogen-bond donors (Lipinski definition) is 1. The van der Waals surface area contributed by atoms with Gasteiger partial charge in [-0.1, -0.05) is 37.3 Å². The van der Waals surface area contributed by atoms with Crippen molar-refractivity contribution in [2.45, 2.75) is 29.7 Å². The van der Waals surface area contributed by atoms with Gasteiger partial charge >= 0.3 is 6.18 Å². The van der Waals surface area contributed by atoms with Gasteiger partial charge in [0.05, 0.1) is 10.5 Å². The van der Waals surface area contributed by atoms with Crippen LogP contribution in [0.25, 0.3) is 0 Å². The fraction of sp³-hybridized carbons (Fsp3) is 0.250. The topological polar surface area (TPSA) is 27.6 Å². The first-order valence-corrected chi connectivity index (χ1v) is 7.54.